The first-order valence-corrected chi connectivity index (χ1v) is 23.2. The molecule has 0 aliphatic carbocycles. The van der Waals surface area contributed by atoms with Gasteiger partial charge in [-0.15, -0.1) is 11.8 Å². The fourth-order valence-corrected chi connectivity index (χ4v) is 12.6. The van der Waals surface area contributed by atoms with Crippen LogP contribution in [0.25, 0.3) is 0 Å². The van der Waals surface area contributed by atoms with Crippen molar-refractivity contribution in [2.45, 2.75) is 17.7 Å². The van der Waals surface area contributed by atoms with Gasteiger partial charge in [0.15, 0.2) is 0 Å². The first-order valence-electron chi connectivity index (χ1n) is 19.5. The fourth-order valence-electron chi connectivity index (χ4n) is 6.64. The standard InChI is InChI=1S/2C18H15P.C14H13S.C5H5.Ru/c2*1-4-10-16(11-5-1)19(17-12-6-2-7-13-17)18-14-8-3-9-15-18;1-4-11-12-7-5-6-8-14(12)15-9-13(11)10(2)3;1-2-4-5-3-1;/h2*1-15H;5-8,11,13H,2,9H2,3H3;1-5H;/q;;2*-1;+2. The van der Waals surface area contributed by atoms with Crippen LogP contribution >= 0.6 is 27.6 Å². The number of fused-ring (bicyclic) bond motifs is 1. The molecular formula is C55H48P2RuS. The Morgan fingerprint density at radius 3 is 1.08 bits per heavy atom. The zero-order valence-corrected chi connectivity index (χ0v) is 37.6. The molecule has 2 atom stereocenters. The van der Waals surface area contributed by atoms with Crippen LogP contribution in [-0.4, -0.2) is 5.75 Å². The Bertz CT molecular complexity index is 2060. The van der Waals surface area contributed by atoms with Crippen molar-refractivity contribution in [2.24, 2.45) is 5.92 Å². The Hall–Kier alpha value is -4.98. The predicted molar refractivity (Wildman–Crippen MR) is 258 cm³/mol. The molecule has 1 aliphatic rings. The summed E-state index contributed by atoms with van der Waals surface area (Å²) < 4.78 is 0. The third-order valence-electron chi connectivity index (χ3n) is 9.51. The van der Waals surface area contributed by atoms with Crippen molar-refractivity contribution in [1.29, 1.82) is 0 Å². The van der Waals surface area contributed by atoms with Crippen LogP contribution in [0.4, 0.5) is 0 Å². The van der Waals surface area contributed by atoms with E-state index < -0.39 is 15.8 Å². The Balaban J connectivity index is 0.000000158. The zero-order chi connectivity index (χ0) is 40.2. The second-order valence-corrected chi connectivity index (χ2v) is 19.1. The van der Waals surface area contributed by atoms with E-state index in [1.54, 1.807) is 0 Å². The summed E-state index contributed by atoms with van der Waals surface area (Å²) in [6.45, 7) is 6.06. The maximum atomic E-state index is 7.45. The maximum absolute atomic E-state index is 7.45. The van der Waals surface area contributed by atoms with E-state index in [4.69, 9.17) is 6.42 Å². The van der Waals surface area contributed by atoms with Crippen LogP contribution in [0, 0.1) is 18.3 Å². The SMILES string of the molecule is [C-]#CC1c2ccccc2SCC1C(=C)C.[Ru+2].c1cc[cH-]c1.c1ccc(P(c2ccccc2)c2ccccc2)cc1.c1ccc(P(c2ccccc2)c2ccccc2)cc1. The Kier molecular flexibility index (Phi) is 19.0. The Labute approximate surface area is 372 Å². The molecule has 0 bridgehead atoms. The van der Waals surface area contributed by atoms with Crippen LogP contribution in [-0.2, 0) is 19.5 Å². The Morgan fingerprint density at radius 1 is 0.508 bits per heavy atom. The predicted octanol–water partition coefficient (Wildman–Crippen LogP) is 12.0. The van der Waals surface area contributed by atoms with Gasteiger partial charge in [0.2, 0.25) is 0 Å². The molecule has 4 heteroatoms. The molecule has 1 aliphatic heterocycles. The molecule has 0 N–H and O–H groups in total. The van der Waals surface area contributed by atoms with Crippen LogP contribution < -0.4 is 31.8 Å². The molecule has 2 unspecified atom stereocenters. The van der Waals surface area contributed by atoms with Gasteiger partial charge in [-0.3, -0.25) is 0 Å². The van der Waals surface area contributed by atoms with Crippen molar-refractivity contribution in [3.8, 4) is 5.92 Å². The summed E-state index contributed by atoms with van der Waals surface area (Å²) in [6.07, 6.45) is 7.45. The minimum atomic E-state index is -0.446. The minimum absolute atomic E-state index is 0. The quantitative estimate of drug-likeness (QED) is 0.0505. The van der Waals surface area contributed by atoms with E-state index in [0.717, 1.165) is 11.3 Å². The average molecular weight is 904 g/mol. The number of hydrogen-bond donors (Lipinski definition) is 0. The number of rotatable bonds is 7. The summed E-state index contributed by atoms with van der Waals surface area (Å²) >= 11 is 1.86. The van der Waals surface area contributed by atoms with Crippen molar-refractivity contribution in [2.75, 3.05) is 5.75 Å². The summed E-state index contributed by atoms with van der Waals surface area (Å²) in [7, 11) is -0.892. The summed E-state index contributed by atoms with van der Waals surface area (Å²) in [4.78, 5) is 1.29. The molecule has 0 saturated heterocycles. The second kappa shape index (κ2) is 24.8. The smallest absolute Gasteiger partial charge is 0.693 e. The van der Waals surface area contributed by atoms with Gasteiger partial charge in [-0.05, 0) is 66.2 Å². The average Bonchev–Trinajstić information content (AvgIpc) is 3.90. The molecule has 0 spiro atoms. The Morgan fingerprint density at radius 2 is 0.814 bits per heavy atom. The molecule has 292 valence electrons. The third-order valence-corrected chi connectivity index (χ3v) is 15.6. The van der Waals surface area contributed by atoms with Gasteiger partial charge in [0.1, 0.15) is 0 Å². The van der Waals surface area contributed by atoms with Gasteiger partial charge in [0.05, 0.1) is 0 Å². The van der Waals surface area contributed by atoms with Gasteiger partial charge in [0, 0.05) is 22.5 Å². The minimum Gasteiger partial charge on any atom is -0.693 e. The van der Waals surface area contributed by atoms with E-state index in [2.05, 4.69) is 207 Å². The molecule has 0 aromatic heterocycles. The molecule has 0 nitrogen and oxygen atoms in total. The molecule has 0 radical (unpaired) electrons. The van der Waals surface area contributed by atoms with Crippen molar-refractivity contribution in [1.82, 2.24) is 0 Å². The van der Waals surface area contributed by atoms with Crippen LogP contribution in [0.3, 0.4) is 0 Å². The monoisotopic (exact) mass is 904 g/mol. The van der Waals surface area contributed by atoms with E-state index in [1.807, 2.05) is 61.2 Å². The molecule has 1 heterocycles. The van der Waals surface area contributed by atoms with E-state index in [9.17, 15) is 0 Å². The van der Waals surface area contributed by atoms with Crippen LogP contribution in [0.5, 0.6) is 0 Å². The molecule has 9 rings (SSSR count). The van der Waals surface area contributed by atoms with Crippen LogP contribution in [0.1, 0.15) is 18.4 Å². The zero-order valence-electron chi connectivity index (χ0n) is 33.2. The van der Waals surface area contributed by atoms with Gasteiger partial charge in [0.25, 0.3) is 0 Å². The molecular weight excluding hydrogens is 856 g/mol. The number of hydrogen-bond acceptors (Lipinski definition) is 1. The second-order valence-electron chi connectivity index (χ2n) is 13.6. The van der Waals surface area contributed by atoms with E-state index in [1.165, 1.54) is 42.3 Å². The number of allylic oxidation sites excluding steroid dienone is 1. The molecule has 0 fully saturated rings. The van der Waals surface area contributed by atoms with Crippen LogP contribution in [0.15, 0.2) is 254 Å². The number of thioether (sulfide) groups is 1. The van der Waals surface area contributed by atoms with E-state index >= 15 is 0 Å². The normalized spacial score (nSPS) is 13.6. The first-order chi connectivity index (χ1) is 28.6. The molecule has 0 saturated carbocycles. The summed E-state index contributed by atoms with van der Waals surface area (Å²) in [5.74, 6) is 4.14. The summed E-state index contributed by atoms with van der Waals surface area (Å²) in [5.41, 5.74) is 2.39. The molecule has 8 aromatic carbocycles. The van der Waals surface area contributed by atoms with Crippen molar-refractivity contribution in [3.05, 3.63) is 261 Å². The van der Waals surface area contributed by atoms with E-state index in [0.29, 0.717) is 5.92 Å². The third kappa shape index (κ3) is 13.3. The topological polar surface area (TPSA) is 0 Å². The summed E-state index contributed by atoms with van der Waals surface area (Å²) in [5, 5.41) is 8.39. The van der Waals surface area contributed by atoms with E-state index in [-0.39, 0.29) is 25.4 Å². The van der Waals surface area contributed by atoms with Crippen molar-refractivity contribution < 1.29 is 19.5 Å². The molecule has 0 amide bonds. The maximum Gasteiger partial charge on any atom is 2.00 e. The van der Waals surface area contributed by atoms with Gasteiger partial charge in [-0.1, -0.05) is 212 Å². The van der Waals surface area contributed by atoms with Crippen LogP contribution in [0.2, 0.25) is 0 Å². The van der Waals surface area contributed by atoms with Gasteiger partial charge in [-0.2, -0.15) is 18.2 Å². The van der Waals surface area contributed by atoms with Gasteiger partial charge in [-0.25, -0.2) is 12.1 Å². The van der Waals surface area contributed by atoms with Gasteiger partial charge < -0.3 is 12.3 Å². The number of benzene rings is 7. The van der Waals surface area contributed by atoms with Gasteiger partial charge >= 0.3 is 19.5 Å². The largest absolute Gasteiger partial charge is 2.00 e. The van der Waals surface area contributed by atoms with Crippen molar-refractivity contribution in [3.63, 3.8) is 0 Å². The fraction of sp³-hybridized carbons (Fsp3) is 0.0727. The van der Waals surface area contributed by atoms with Crippen molar-refractivity contribution >= 4 is 59.4 Å². The molecule has 8 aromatic rings. The molecule has 59 heavy (non-hydrogen) atoms. The first kappa shape index (κ1) is 45.1. The summed E-state index contributed by atoms with van der Waals surface area (Å²) in [6, 6.07) is 83.0.